The van der Waals surface area contributed by atoms with Gasteiger partial charge in [0.2, 0.25) is 11.8 Å². The minimum Gasteiger partial charge on any atom is -0.494 e. The first-order valence-electron chi connectivity index (χ1n) is 9.99. The molecule has 0 radical (unpaired) electrons. The zero-order valence-corrected chi connectivity index (χ0v) is 18.1. The van der Waals surface area contributed by atoms with E-state index in [0.717, 1.165) is 17.0 Å². The fourth-order valence-electron chi connectivity index (χ4n) is 2.83. The lowest BCUT2D eigenvalue weighted by Crippen LogP contribution is -2.23. The van der Waals surface area contributed by atoms with Gasteiger partial charge in [-0.05, 0) is 47.2 Å². The van der Waals surface area contributed by atoms with E-state index in [9.17, 15) is 9.59 Å². The molecule has 5 heteroatoms. The van der Waals surface area contributed by atoms with E-state index in [1.54, 1.807) is 11.9 Å². The second-order valence-corrected chi connectivity index (χ2v) is 8.35. The number of benzene rings is 2. The Kier molecular flexibility index (Phi) is 7.82. The lowest BCUT2D eigenvalue weighted by molar-refractivity contribution is -0.128. The van der Waals surface area contributed by atoms with Gasteiger partial charge in [-0.1, -0.05) is 45.0 Å². The van der Waals surface area contributed by atoms with E-state index >= 15 is 0 Å². The van der Waals surface area contributed by atoms with E-state index in [-0.39, 0.29) is 17.2 Å². The van der Waals surface area contributed by atoms with Gasteiger partial charge in [0.1, 0.15) is 5.75 Å². The number of carbonyl (C=O) groups excluding carboxylic acids is 2. The summed E-state index contributed by atoms with van der Waals surface area (Å²) in [5.74, 6) is 0.780. The Balaban J connectivity index is 1.75. The largest absolute Gasteiger partial charge is 0.494 e. The average Bonchev–Trinajstić information content (AvgIpc) is 2.65. The number of amides is 2. The maximum Gasteiger partial charge on any atom is 0.224 e. The minimum atomic E-state index is -0.0475. The second-order valence-electron chi connectivity index (χ2n) is 8.35. The topological polar surface area (TPSA) is 58.6 Å². The molecule has 0 bridgehead atoms. The quantitative estimate of drug-likeness (QED) is 0.655. The van der Waals surface area contributed by atoms with E-state index in [1.165, 1.54) is 12.5 Å². The summed E-state index contributed by atoms with van der Waals surface area (Å²) in [6, 6.07) is 15.7. The van der Waals surface area contributed by atoms with Crippen LogP contribution < -0.4 is 10.1 Å². The number of nitrogens with one attached hydrogen (secondary N) is 1. The molecule has 0 aromatic heterocycles. The minimum absolute atomic E-state index is 0.00693. The average molecular weight is 397 g/mol. The van der Waals surface area contributed by atoms with Crippen LogP contribution in [0.5, 0.6) is 5.75 Å². The highest BCUT2D eigenvalue weighted by atomic mass is 16.5. The molecule has 5 nitrogen and oxygen atoms in total. The molecule has 156 valence electrons. The Morgan fingerprint density at radius 3 is 2.38 bits per heavy atom. The van der Waals surface area contributed by atoms with Crippen molar-refractivity contribution in [1.29, 1.82) is 0 Å². The van der Waals surface area contributed by atoms with Gasteiger partial charge in [-0.2, -0.15) is 0 Å². The summed E-state index contributed by atoms with van der Waals surface area (Å²) in [5.41, 5.74) is 3.10. The van der Waals surface area contributed by atoms with Gasteiger partial charge in [0.15, 0.2) is 0 Å². The third-order valence-corrected chi connectivity index (χ3v) is 4.71. The third kappa shape index (κ3) is 7.60. The van der Waals surface area contributed by atoms with E-state index in [1.807, 2.05) is 36.4 Å². The van der Waals surface area contributed by atoms with Crippen molar-refractivity contribution in [3.8, 4) is 5.75 Å². The molecule has 0 aliphatic rings. The number of carbonyl (C=O) groups is 2. The molecular formula is C24H32N2O3. The summed E-state index contributed by atoms with van der Waals surface area (Å²) in [7, 11) is 1.75. The highest BCUT2D eigenvalue weighted by Crippen LogP contribution is 2.24. The van der Waals surface area contributed by atoms with Gasteiger partial charge in [0, 0.05) is 32.6 Å². The molecule has 0 aliphatic heterocycles. The highest BCUT2D eigenvalue weighted by Gasteiger charge is 2.13. The van der Waals surface area contributed by atoms with Crippen molar-refractivity contribution in [2.75, 3.05) is 19.0 Å². The van der Waals surface area contributed by atoms with Gasteiger partial charge in [-0.15, -0.1) is 0 Å². The predicted octanol–water partition coefficient (Wildman–Crippen LogP) is 4.76. The third-order valence-electron chi connectivity index (χ3n) is 4.71. The Morgan fingerprint density at radius 1 is 1.07 bits per heavy atom. The predicted molar refractivity (Wildman–Crippen MR) is 117 cm³/mol. The molecule has 0 spiro atoms. The molecule has 29 heavy (non-hydrogen) atoms. The van der Waals surface area contributed by atoms with Crippen molar-refractivity contribution in [3.63, 3.8) is 0 Å². The summed E-state index contributed by atoms with van der Waals surface area (Å²) >= 11 is 0. The van der Waals surface area contributed by atoms with Crippen LogP contribution in [0.2, 0.25) is 0 Å². The van der Waals surface area contributed by atoms with Crippen LogP contribution >= 0.6 is 0 Å². The lowest BCUT2D eigenvalue weighted by Gasteiger charge is -2.19. The van der Waals surface area contributed by atoms with Gasteiger partial charge in [0.05, 0.1) is 6.61 Å². The molecule has 1 N–H and O–H groups in total. The molecule has 2 aromatic carbocycles. The fourth-order valence-corrected chi connectivity index (χ4v) is 2.83. The fraction of sp³-hybridized carbons (Fsp3) is 0.417. The monoisotopic (exact) mass is 396 g/mol. The molecule has 0 fully saturated rings. The standard InChI is InChI=1S/C24H32N2O3/c1-18(27)26(5)17-19-8-6-9-21(16-19)25-23(28)10-7-15-29-22-13-11-20(12-14-22)24(2,3)4/h6,8-9,11-14,16H,7,10,15,17H2,1-5H3,(H,25,28). The maximum atomic E-state index is 12.2. The summed E-state index contributed by atoms with van der Waals surface area (Å²) < 4.78 is 5.74. The summed E-state index contributed by atoms with van der Waals surface area (Å²) in [6.45, 7) is 9.08. The second kappa shape index (κ2) is 10.1. The van der Waals surface area contributed by atoms with E-state index in [4.69, 9.17) is 4.74 Å². The van der Waals surface area contributed by atoms with Crippen molar-refractivity contribution < 1.29 is 14.3 Å². The first-order valence-corrected chi connectivity index (χ1v) is 9.99. The number of ether oxygens (including phenoxy) is 1. The molecule has 2 amide bonds. The van der Waals surface area contributed by atoms with Gasteiger partial charge in [-0.3, -0.25) is 9.59 Å². The van der Waals surface area contributed by atoms with Crippen LogP contribution in [0.15, 0.2) is 48.5 Å². The van der Waals surface area contributed by atoms with Crippen LogP contribution in [0.25, 0.3) is 0 Å². The number of hydrogen-bond acceptors (Lipinski definition) is 3. The summed E-state index contributed by atoms with van der Waals surface area (Å²) in [6.07, 6.45) is 1.03. The first-order chi connectivity index (χ1) is 13.6. The summed E-state index contributed by atoms with van der Waals surface area (Å²) in [4.78, 5) is 25.2. The molecule has 0 saturated carbocycles. The number of hydrogen-bond donors (Lipinski definition) is 1. The molecular weight excluding hydrogens is 364 g/mol. The van der Waals surface area contributed by atoms with Gasteiger partial charge in [0.25, 0.3) is 0 Å². The van der Waals surface area contributed by atoms with Crippen molar-refractivity contribution >= 4 is 17.5 Å². The highest BCUT2D eigenvalue weighted by molar-refractivity contribution is 5.90. The molecule has 0 atom stereocenters. The number of rotatable bonds is 8. The number of anilines is 1. The SMILES string of the molecule is CC(=O)N(C)Cc1cccc(NC(=O)CCCOc2ccc(C(C)(C)C)cc2)c1. The number of nitrogens with zero attached hydrogens (tertiary/aromatic N) is 1. The Bertz CT molecular complexity index is 823. The van der Waals surface area contributed by atoms with Crippen molar-refractivity contribution in [3.05, 3.63) is 59.7 Å². The maximum absolute atomic E-state index is 12.2. The Morgan fingerprint density at radius 2 is 1.76 bits per heavy atom. The lowest BCUT2D eigenvalue weighted by atomic mass is 9.87. The molecule has 0 saturated heterocycles. The molecule has 2 aromatic rings. The van der Waals surface area contributed by atoms with Crippen molar-refractivity contribution in [2.24, 2.45) is 0 Å². The van der Waals surface area contributed by atoms with Gasteiger partial charge in [-0.25, -0.2) is 0 Å². The molecule has 0 unspecified atom stereocenters. The van der Waals surface area contributed by atoms with Crippen molar-refractivity contribution in [1.82, 2.24) is 4.90 Å². The normalized spacial score (nSPS) is 11.1. The van der Waals surface area contributed by atoms with Crippen LogP contribution in [0.1, 0.15) is 51.7 Å². The van der Waals surface area contributed by atoms with Crippen LogP contribution in [0.4, 0.5) is 5.69 Å². The Labute approximate surface area is 174 Å². The van der Waals surface area contributed by atoms with E-state index in [0.29, 0.717) is 26.0 Å². The first kappa shape index (κ1) is 22.5. The van der Waals surface area contributed by atoms with Gasteiger partial charge < -0.3 is 15.0 Å². The summed E-state index contributed by atoms with van der Waals surface area (Å²) in [5, 5.41) is 2.91. The van der Waals surface area contributed by atoms with Gasteiger partial charge >= 0.3 is 0 Å². The molecule has 0 aliphatic carbocycles. The zero-order valence-electron chi connectivity index (χ0n) is 18.1. The Hall–Kier alpha value is -2.82. The van der Waals surface area contributed by atoms with Crippen LogP contribution in [0.3, 0.4) is 0 Å². The zero-order chi connectivity index (χ0) is 21.4. The molecule has 2 rings (SSSR count). The smallest absolute Gasteiger partial charge is 0.224 e. The van der Waals surface area contributed by atoms with Crippen LogP contribution in [-0.2, 0) is 21.5 Å². The van der Waals surface area contributed by atoms with Crippen LogP contribution in [0, 0.1) is 0 Å². The van der Waals surface area contributed by atoms with E-state index in [2.05, 4.69) is 38.2 Å². The van der Waals surface area contributed by atoms with E-state index < -0.39 is 0 Å². The van der Waals surface area contributed by atoms with Crippen LogP contribution in [-0.4, -0.2) is 30.4 Å². The molecule has 0 heterocycles. The van der Waals surface area contributed by atoms with Crippen molar-refractivity contribution in [2.45, 2.75) is 52.5 Å².